The van der Waals surface area contributed by atoms with Crippen LogP contribution in [-0.4, -0.2) is 38.5 Å². The van der Waals surface area contributed by atoms with Crippen LogP contribution in [0.2, 0.25) is 0 Å². The number of fused-ring (bicyclic) bond motifs is 1. The Bertz CT molecular complexity index is 733. The standard InChI is InChI=1S/C16H19N5/c1-12(13-7-5-4-6-8-13)21-11-18-15-16(21)19-14(9-17-15)10-20(2)3/h4-9,11-12H,10H2,1-3H3/t12-/m0/s1. The summed E-state index contributed by atoms with van der Waals surface area (Å²) in [6.07, 6.45) is 3.62. The molecule has 0 saturated heterocycles. The molecule has 0 aliphatic carbocycles. The van der Waals surface area contributed by atoms with Gasteiger partial charge in [-0.3, -0.25) is 0 Å². The SMILES string of the molecule is C[C@@H](c1ccccc1)n1cnc2ncc(CN(C)C)nc21. The molecule has 1 atom stereocenters. The number of aromatic nitrogens is 4. The van der Waals surface area contributed by atoms with Gasteiger partial charge in [-0.15, -0.1) is 0 Å². The first-order valence-corrected chi connectivity index (χ1v) is 7.03. The Hall–Kier alpha value is -2.27. The van der Waals surface area contributed by atoms with E-state index in [2.05, 4.69) is 38.5 Å². The van der Waals surface area contributed by atoms with Crippen LogP contribution in [0, 0.1) is 0 Å². The van der Waals surface area contributed by atoms with Gasteiger partial charge in [0.1, 0.15) is 0 Å². The van der Waals surface area contributed by atoms with Gasteiger partial charge >= 0.3 is 0 Å². The normalized spacial score (nSPS) is 13.0. The Morgan fingerprint density at radius 2 is 1.90 bits per heavy atom. The lowest BCUT2D eigenvalue weighted by atomic mass is 10.1. The number of rotatable bonds is 4. The minimum Gasteiger partial charge on any atom is -0.307 e. The summed E-state index contributed by atoms with van der Waals surface area (Å²) in [7, 11) is 4.05. The van der Waals surface area contributed by atoms with Gasteiger partial charge in [0.25, 0.3) is 0 Å². The Balaban J connectivity index is 2.02. The van der Waals surface area contributed by atoms with E-state index in [0.717, 1.165) is 17.9 Å². The van der Waals surface area contributed by atoms with E-state index in [0.29, 0.717) is 5.65 Å². The van der Waals surface area contributed by atoms with Gasteiger partial charge in [0, 0.05) is 6.54 Å². The first-order chi connectivity index (χ1) is 10.1. The van der Waals surface area contributed by atoms with E-state index in [4.69, 9.17) is 4.98 Å². The van der Waals surface area contributed by atoms with Crippen molar-refractivity contribution in [3.8, 4) is 0 Å². The molecule has 0 saturated carbocycles. The zero-order valence-electron chi connectivity index (χ0n) is 12.6. The molecule has 3 rings (SSSR count). The van der Waals surface area contributed by atoms with E-state index < -0.39 is 0 Å². The van der Waals surface area contributed by atoms with Gasteiger partial charge in [0.05, 0.1) is 24.3 Å². The van der Waals surface area contributed by atoms with Gasteiger partial charge in [-0.1, -0.05) is 30.3 Å². The van der Waals surface area contributed by atoms with E-state index in [1.165, 1.54) is 5.56 Å². The molecule has 1 aromatic carbocycles. The smallest absolute Gasteiger partial charge is 0.197 e. The predicted octanol–water partition coefficient (Wildman–Crippen LogP) is 2.50. The lowest BCUT2D eigenvalue weighted by Crippen LogP contribution is -2.13. The minimum atomic E-state index is 0.181. The summed E-state index contributed by atoms with van der Waals surface area (Å²) in [6.45, 7) is 2.92. The number of hydrogen-bond donors (Lipinski definition) is 0. The third kappa shape index (κ3) is 2.78. The maximum Gasteiger partial charge on any atom is 0.197 e. The molecule has 0 amide bonds. The molecule has 0 unspecified atom stereocenters. The van der Waals surface area contributed by atoms with Gasteiger partial charge in [0.15, 0.2) is 11.3 Å². The molecule has 0 aliphatic heterocycles. The van der Waals surface area contributed by atoms with Crippen LogP contribution in [0.3, 0.4) is 0 Å². The van der Waals surface area contributed by atoms with Gasteiger partial charge in [-0.05, 0) is 26.6 Å². The zero-order chi connectivity index (χ0) is 14.8. The number of nitrogens with zero attached hydrogens (tertiary/aromatic N) is 5. The molecule has 0 bridgehead atoms. The Morgan fingerprint density at radius 1 is 1.14 bits per heavy atom. The van der Waals surface area contributed by atoms with Gasteiger partial charge in [-0.2, -0.15) is 0 Å². The average Bonchev–Trinajstić information content (AvgIpc) is 2.90. The summed E-state index contributed by atoms with van der Waals surface area (Å²) >= 11 is 0. The first-order valence-electron chi connectivity index (χ1n) is 7.03. The minimum absolute atomic E-state index is 0.181. The molecule has 108 valence electrons. The average molecular weight is 281 g/mol. The maximum atomic E-state index is 4.72. The molecule has 21 heavy (non-hydrogen) atoms. The van der Waals surface area contributed by atoms with Crippen LogP contribution in [0.4, 0.5) is 0 Å². The van der Waals surface area contributed by atoms with Crippen molar-refractivity contribution < 1.29 is 0 Å². The van der Waals surface area contributed by atoms with E-state index >= 15 is 0 Å². The Morgan fingerprint density at radius 3 is 2.62 bits per heavy atom. The molecule has 5 nitrogen and oxygen atoms in total. The molecule has 0 radical (unpaired) electrons. The summed E-state index contributed by atoms with van der Waals surface area (Å²) in [6, 6.07) is 10.5. The number of benzene rings is 1. The summed E-state index contributed by atoms with van der Waals surface area (Å²) < 4.78 is 2.08. The highest BCUT2D eigenvalue weighted by Gasteiger charge is 2.13. The highest BCUT2D eigenvalue weighted by Crippen LogP contribution is 2.21. The second-order valence-corrected chi connectivity index (χ2v) is 5.48. The topological polar surface area (TPSA) is 46.8 Å². The second kappa shape index (κ2) is 5.61. The third-order valence-corrected chi connectivity index (χ3v) is 3.51. The largest absolute Gasteiger partial charge is 0.307 e. The molecule has 0 aliphatic rings. The molecular weight excluding hydrogens is 262 g/mol. The lowest BCUT2D eigenvalue weighted by Gasteiger charge is -2.14. The van der Waals surface area contributed by atoms with Crippen molar-refractivity contribution in [2.24, 2.45) is 0 Å². The monoisotopic (exact) mass is 281 g/mol. The molecule has 2 aromatic heterocycles. The molecule has 2 heterocycles. The lowest BCUT2D eigenvalue weighted by molar-refractivity contribution is 0.396. The van der Waals surface area contributed by atoms with Crippen molar-refractivity contribution in [1.82, 2.24) is 24.4 Å². The van der Waals surface area contributed by atoms with Gasteiger partial charge in [0.2, 0.25) is 0 Å². The fourth-order valence-electron chi connectivity index (χ4n) is 2.42. The summed E-state index contributed by atoms with van der Waals surface area (Å²) in [5.74, 6) is 0. The summed E-state index contributed by atoms with van der Waals surface area (Å²) in [5.41, 5.74) is 3.72. The number of hydrogen-bond acceptors (Lipinski definition) is 4. The molecule has 0 N–H and O–H groups in total. The van der Waals surface area contributed by atoms with E-state index in [-0.39, 0.29) is 6.04 Å². The van der Waals surface area contributed by atoms with Crippen molar-refractivity contribution in [3.63, 3.8) is 0 Å². The van der Waals surface area contributed by atoms with Crippen molar-refractivity contribution >= 4 is 11.3 Å². The molecular formula is C16H19N5. The fraction of sp³-hybridized carbons (Fsp3) is 0.312. The van der Waals surface area contributed by atoms with Crippen LogP contribution in [0.1, 0.15) is 24.2 Å². The highest BCUT2D eigenvalue weighted by atomic mass is 15.2. The highest BCUT2D eigenvalue weighted by molar-refractivity contribution is 5.65. The zero-order valence-corrected chi connectivity index (χ0v) is 12.6. The van der Waals surface area contributed by atoms with Crippen molar-refractivity contribution in [1.29, 1.82) is 0 Å². The van der Waals surface area contributed by atoms with E-state index in [1.54, 1.807) is 6.20 Å². The van der Waals surface area contributed by atoms with Crippen LogP contribution >= 0.6 is 0 Å². The third-order valence-electron chi connectivity index (χ3n) is 3.51. The number of imidazole rings is 1. The van der Waals surface area contributed by atoms with Gasteiger partial charge < -0.3 is 9.47 Å². The van der Waals surface area contributed by atoms with E-state index in [9.17, 15) is 0 Å². The van der Waals surface area contributed by atoms with Crippen LogP contribution in [0.15, 0.2) is 42.9 Å². The maximum absolute atomic E-state index is 4.72. The van der Waals surface area contributed by atoms with E-state index in [1.807, 2.05) is 38.6 Å². The van der Waals surface area contributed by atoms with Crippen molar-refractivity contribution in [2.75, 3.05) is 14.1 Å². The molecule has 5 heteroatoms. The van der Waals surface area contributed by atoms with Crippen LogP contribution in [0.25, 0.3) is 11.3 Å². The Labute approximate surface area is 124 Å². The quantitative estimate of drug-likeness (QED) is 0.737. The van der Waals surface area contributed by atoms with Crippen LogP contribution in [0.5, 0.6) is 0 Å². The Kier molecular flexibility index (Phi) is 3.66. The van der Waals surface area contributed by atoms with Gasteiger partial charge in [-0.25, -0.2) is 15.0 Å². The first kappa shape index (κ1) is 13.7. The molecule has 3 aromatic rings. The van der Waals surface area contributed by atoms with Crippen LogP contribution < -0.4 is 0 Å². The van der Waals surface area contributed by atoms with Crippen molar-refractivity contribution in [2.45, 2.75) is 19.5 Å². The second-order valence-electron chi connectivity index (χ2n) is 5.48. The predicted molar refractivity (Wildman–Crippen MR) is 83.0 cm³/mol. The summed E-state index contributed by atoms with van der Waals surface area (Å²) in [4.78, 5) is 15.6. The van der Waals surface area contributed by atoms with Crippen molar-refractivity contribution in [3.05, 3.63) is 54.1 Å². The fourth-order valence-corrected chi connectivity index (χ4v) is 2.42. The molecule has 0 spiro atoms. The van der Waals surface area contributed by atoms with Crippen LogP contribution in [-0.2, 0) is 6.54 Å². The molecule has 0 fully saturated rings. The summed E-state index contributed by atoms with van der Waals surface area (Å²) in [5, 5.41) is 0.